The van der Waals surface area contributed by atoms with Crippen molar-refractivity contribution in [1.82, 2.24) is 5.32 Å². The second-order valence-corrected chi connectivity index (χ2v) is 6.15. The first-order chi connectivity index (χ1) is 13.3. The minimum absolute atomic E-state index is 0.263. The molecule has 0 amide bonds. The predicted octanol–water partition coefficient (Wildman–Crippen LogP) is 4.30. The molecule has 0 heterocycles. The lowest BCUT2D eigenvalue weighted by Crippen LogP contribution is -2.46. The zero-order valence-electron chi connectivity index (χ0n) is 15.2. The quantitative estimate of drug-likeness (QED) is 0.283. The van der Waals surface area contributed by atoms with Crippen molar-refractivity contribution in [1.29, 1.82) is 0 Å². The van der Waals surface area contributed by atoms with Gasteiger partial charge in [-0.1, -0.05) is 97.6 Å². The number of carbonyl (C=O) groups is 1. The summed E-state index contributed by atoms with van der Waals surface area (Å²) in [6.45, 7) is 4.20. The van der Waals surface area contributed by atoms with E-state index in [1.54, 1.807) is 0 Å². The van der Waals surface area contributed by atoms with Gasteiger partial charge in [0, 0.05) is 12.6 Å². The number of rotatable bonds is 8. The molecule has 0 fully saturated rings. The SMILES string of the molecule is C=CC(=O)OCCNC(c1ccccc1)(c1ccccc1)c1ccccc1. The topological polar surface area (TPSA) is 38.3 Å². The third-order valence-electron chi connectivity index (χ3n) is 4.52. The number of hydrogen-bond donors (Lipinski definition) is 1. The van der Waals surface area contributed by atoms with Crippen LogP contribution in [-0.2, 0) is 15.1 Å². The second kappa shape index (κ2) is 8.97. The molecule has 3 aromatic carbocycles. The summed E-state index contributed by atoms with van der Waals surface area (Å²) in [6, 6.07) is 30.9. The van der Waals surface area contributed by atoms with Crippen LogP contribution in [0.1, 0.15) is 16.7 Å². The Balaban J connectivity index is 2.05. The van der Waals surface area contributed by atoms with Gasteiger partial charge in [-0.3, -0.25) is 5.32 Å². The van der Waals surface area contributed by atoms with Gasteiger partial charge in [0.15, 0.2) is 0 Å². The summed E-state index contributed by atoms with van der Waals surface area (Å²) in [5, 5.41) is 3.65. The molecule has 0 atom stereocenters. The van der Waals surface area contributed by atoms with Crippen molar-refractivity contribution in [3.8, 4) is 0 Å². The number of carbonyl (C=O) groups excluding carboxylic acids is 1. The Morgan fingerprint density at radius 3 is 1.59 bits per heavy atom. The lowest BCUT2D eigenvalue weighted by Gasteiger charge is -2.37. The predicted molar refractivity (Wildman–Crippen MR) is 108 cm³/mol. The van der Waals surface area contributed by atoms with Crippen molar-refractivity contribution >= 4 is 5.97 Å². The first-order valence-corrected chi connectivity index (χ1v) is 8.98. The fourth-order valence-electron chi connectivity index (χ4n) is 3.32. The summed E-state index contributed by atoms with van der Waals surface area (Å²) < 4.78 is 5.17. The van der Waals surface area contributed by atoms with Crippen LogP contribution in [0.25, 0.3) is 0 Å². The van der Waals surface area contributed by atoms with Crippen molar-refractivity contribution in [2.24, 2.45) is 0 Å². The summed E-state index contributed by atoms with van der Waals surface area (Å²) in [7, 11) is 0. The van der Waals surface area contributed by atoms with Gasteiger partial charge in [0.05, 0.1) is 5.54 Å². The largest absolute Gasteiger partial charge is 0.461 e. The normalized spacial score (nSPS) is 11.0. The molecule has 3 nitrogen and oxygen atoms in total. The van der Waals surface area contributed by atoms with Crippen LogP contribution >= 0.6 is 0 Å². The molecule has 0 radical (unpaired) electrons. The van der Waals surface area contributed by atoms with Crippen molar-refractivity contribution in [3.63, 3.8) is 0 Å². The van der Waals surface area contributed by atoms with Crippen LogP contribution in [0.15, 0.2) is 104 Å². The van der Waals surface area contributed by atoms with Crippen molar-refractivity contribution in [3.05, 3.63) is 120 Å². The van der Waals surface area contributed by atoms with Crippen LogP contribution in [0, 0.1) is 0 Å². The lowest BCUT2D eigenvalue weighted by atomic mass is 9.77. The Hall–Kier alpha value is -3.17. The lowest BCUT2D eigenvalue weighted by molar-refractivity contribution is -0.137. The van der Waals surface area contributed by atoms with Crippen molar-refractivity contribution < 1.29 is 9.53 Å². The summed E-state index contributed by atoms with van der Waals surface area (Å²) >= 11 is 0. The third-order valence-corrected chi connectivity index (χ3v) is 4.52. The van der Waals surface area contributed by atoms with E-state index in [9.17, 15) is 4.79 Å². The van der Waals surface area contributed by atoms with Gasteiger partial charge < -0.3 is 4.74 Å². The summed E-state index contributed by atoms with van der Waals surface area (Å²) in [5.41, 5.74) is 2.82. The molecular weight excluding hydrogens is 334 g/mol. The van der Waals surface area contributed by atoms with Gasteiger partial charge in [-0.2, -0.15) is 0 Å². The van der Waals surface area contributed by atoms with Crippen LogP contribution in [0.5, 0.6) is 0 Å². The molecular formula is C24H23NO2. The van der Waals surface area contributed by atoms with E-state index in [-0.39, 0.29) is 6.61 Å². The standard InChI is InChI=1S/C24H23NO2/c1-2-23(26)27-19-18-25-24(20-12-6-3-7-13-20,21-14-8-4-9-15-21)22-16-10-5-11-17-22/h2-17,25H,1,18-19H2. The Morgan fingerprint density at radius 2 is 1.22 bits per heavy atom. The molecule has 27 heavy (non-hydrogen) atoms. The van der Waals surface area contributed by atoms with Gasteiger partial charge in [0.1, 0.15) is 6.61 Å². The summed E-state index contributed by atoms with van der Waals surface area (Å²) in [5.74, 6) is -0.415. The van der Waals surface area contributed by atoms with Crippen molar-refractivity contribution in [2.75, 3.05) is 13.2 Å². The smallest absolute Gasteiger partial charge is 0.330 e. The molecule has 0 aliphatic rings. The zero-order chi connectivity index (χ0) is 19.0. The summed E-state index contributed by atoms with van der Waals surface area (Å²) in [4.78, 5) is 11.4. The highest BCUT2D eigenvalue weighted by molar-refractivity contribution is 5.81. The van der Waals surface area contributed by atoms with Crippen LogP contribution < -0.4 is 5.32 Å². The average molecular weight is 357 g/mol. The fourth-order valence-corrected chi connectivity index (χ4v) is 3.32. The minimum Gasteiger partial charge on any atom is -0.461 e. The first kappa shape index (κ1) is 18.6. The molecule has 0 saturated carbocycles. The van der Waals surface area contributed by atoms with E-state index in [4.69, 9.17) is 4.74 Å². The highest BCUT2D eigenvalue weighted by atomic mass is 16.5. The van der Waals surface area contributed by atoms with E-state index in [0.717, 1.165) is 16.7 Å². The van der Waals surface area contributed by atoms with Crippen LogP contribution in [0.2, 0.25) is 0 Å². The van der Waals surface area contributed by atoms with Gasteiger partial charge in [0.25, 0.3) is 0 Å². The van der Waals surface area contributed by atoms with Gasteiger partial charge in [-0.05, 0) is 16.7 Å². The van der Waals surface area contributed by atoms with E-state index in [1.165, 1.54) is 6.08 Å². The maximum atomic E-state index is 11.4. The molecule has 3 aromatic rings. The van der Waals surface area contributed by atoms with E-state index in [0.29, 0.717) is 6.54 Å². The zero-order valence-corrected chi connectivity index (χ0v) is 15.2. The minimum atomic E-state index is -0.551. The Labute approximate surface area is 160 Å². The average Bonchev–Trinajstić information content (AvgIpc) is 2.75. The third kappa shape index (κ3) is 4.15. The Bertz CT molecular complexity index is 764. The van der Waals surface area contributed by atoms with E-state index >= 15 is 0 Å². The number of ether oxygens (including phenoxy) is 1. The molecule has 0 aromatic heterocycles. The highest BCUT2D eigenvalue weighted by Crippen LogP contribution is 2.36. The number of benzene rings is 3. The molecule has 3 heteroatoms. The maximum absolute atomic E-state index is 11.4. The van der Waals surface area contributed by atoms with E-state index < -0.39 is 11.5 Å². The molecule has 1 N–H and O–H groups in total. The fraction of sp³-hybridized carbons (Fsp3) is 0.125. The van der Waals surface area contributed by atoms with Gasteiger partial charge in [0.2, 0.25) is 0 Å². The molecule has 0 bridgehead atoms. The highest BCUT2D eigenvalue weighted by Gasteiger charge is 2.35. The Morgan fingerprint density at radius 1 is 0.815 bits per heavy atom. The van der Waals surface area contributed by atoms with E-state index in [2.05, 4.69) is 48.3 Å². The molecule has 3 rings (SSSR count). The second-order valence-electron chi connectivity index (χ2n) is 6.15. The Kier molecular flexibility index (Phi) is 6.18. The van der Waals surface area contributed by atoms with Crippen LogP contribution in [0.4, 0.5) is 0 Å². The van der Waals surface area contributed by atoms with Gasteiger partial charge in [-0.15, -0.1) is 0 Å². The van der Waals surface area contributed by atoms with Crippen LogP contribution in [-0.4, -0.2) is 19.1 Å². The van der Waals surface area contributed by atoms with Crippen LogP contribution in [0.3, 0.4) is 0 Å². The molecule has 136 valence electrons. The monoisotopic (exact) mass is 357 g/mol. The maximum Gasteiger partial charge on any atom is 0.330 e. The molecule has 0 saturated heterocycles. The molecule has 0 spiro atoms. The molecule has 0 aliphatic heterocycles. The molecule has 0 unspecified atom stereocenters. The number of hydrogen-bond acceptors (Lipinski definition) is 3. The number of esters is 1. The van der Waals surface area contributed by atoms with Crippen molar-refractivity contribution in [2.45, 2.75) is 5.54 Å². The van der Waals surface area contributed by atoms with Gasteiger partial charge in [-0.25, -0.2) is 4.79 Å². The van der Waals surface area contributed by atoms with Gasteiger partial charge >= 0.3 is 5.97 Å². The summed E-state index contributed by atoms with van der Waals surface area (Å²) in [6.07, 6.45) is 1.18. The van der Waals surface area contributed by atoms with E-state index in [1.807, 2.05) is 54.6 Å². The molecule has 0 aliphatic carbocycles. The first-order valence-electron chi connectivity index (χ1n) is 8.98. The number of nitrogens with one attached hydrogen (secondary N) is 1.